The van der Waals surface area contributed by atoms with Crippen LogP contribution in [0.15, 0.2) is 65.7 Å². The molecule has 0 fully saturated rings. The Labute approximate surface area is 154 Å². The quantitative estimate of drug-likeness (QED) is 0.562. The first-order valence-electron chi connectivity index (χ1n) is 7.68. The summed E-state index contributed by atoms with van der Waals surface area (Å²) in [6, 6.07) is 16.6. The molecule has 25 heavy (non-hydrogen) atoms. The maximum Gasteiger partial charge on any atom is 0.232 e. The van der Waals surface area contributed by atoms with Gasteiger partial charge in [-0.05, 0) is 41.3 Å². The summed E-state index contributed by atoms with van der Waals surface area (Å²) in [7, 11) is 0. The van der Waals surface area contributed by atoms with Gasteiger partial charge in [0.2, 0.25) is 5.78 Å². The van der Waals surface area contributed by atoms with Crippen molar-refractivity contribution in [3.05, 3.63) is 86.8 Å². The number of rotatable bonds is 4. The number of hydrogen-bond acceptors (Lipinski definition) is 4. The Kier molecular flexibility index (Phi) is 4.30. The molecule has 1 aliphatic rings. The molecule has 0 unspecified atom stereocenters. The number of carbonyl (C=O) groups excluding carboxylic acids is 1. The van der Waals surface area contributed by atoms with E-state index in [1.165, 1.54) is 0 Å². The zero-order chi connectivity index (χ0) is 17.2. The Morgan fingerprint density at radius 1 is 1.12 bits per heavy atom. The van der Waals surface area contributed by atoms with E-state index in [0.29, 0.717) is 34.5 Å². The molecular formula is C20H13ClO3S. The van der Waals surface area contributed by atoms with Crippen LogP contribution >= 0.6 is 22.9 Å². The molecule has 0 N–H and O–H groups in total. The maximum atomic E-state index is 12.4. The summed E-state index contributed by atoms with van der Waals surface area (Å²) in [4.78, 5) is 13.4. The number of allylic oxidation sites excluding steroid dienone is 1. The first-order chi connectivity index (χ1) is 12.2. The molecule has 0 aliphatic carbocycles. The van der Waals surface area contributed by atoms with Crippen LogP contribution in [0.3, 0.4) is 0 Å². The average molecular weight is 369 g/mol. The first-order valence-corrected chi connectivity index (χ1v) is 8.94. The number of thiophene rings is 1. The van der Waals surface area contributed by atoms with E-state index < -0.39 is 0 Å². The number of fused-ring (bicyclic) bond motifs is 1. The van der Waals surface area contributed by atoms with Crippen LogP contribution in [0, 0.1) is 0 Å². The van der Waals surface area contributed by atoms with E-state index in [1.807, 2.05) is 41.8 Å². The summed E-state index contributed by atoms with van der Waals surface area (Å²) in [5.74, 6) is 1.42. The zero-order valence-corrected chi connectivity index (χ0v) is 14.6. The van der Waals surface area contributed by atoms with E-state index in [1.54, 1.807) is 35.6 Å². The molecule has 2 heterocycles. The Hall–Kier alpha value is -2.56. The van der Waals surface area contributed by atoms with Gasteiger partial charge in [0.15, 0.2) is 5.76 Å². The smallest absolute Gasteiger partial charge is 0.232 e. The van der Waals surface area contributed by atoms with E-state index >= 15 is 0 Å². The summed E-state index contributed by atoms with van der Waals surface area (Å²) in [5, 5.41) is 2.65. The second kappa shape index (κ2) is 6.75. The van der Waals surface area contributed by atoms with E-state index in [4.69, 9.17) is 21.1 Å². The summed E-state index contributed by atoms with van der Waals surface area (Å²) in [6.45, 7) is 0.418. The molecule has 1 aromatic heterocycles. The molecule has 0 spiro atoms. The van der Waals surface area contributed by atoms with E-state index in [9.17, 15) is 4.79 Å². The van der Waals surface area contributed by atoms with Gasteiger partial charge in [0.1, 0.15) is 18.1 Å². The molecule has 0 amide bonds. The Bertz CT molecular complexity index is 944. The predicted molar refractivity (Wildman–Crippen MR) is 99.5 cm³/mol. The van der Waals surface area contributed by atoms with E-state index in [-0.39, 0.29) is 5.78 Å². The summed E-state index contributed by atoms with van der Waals surface area (Å²) >= 11 is 7.43. The Morgan fingerprint density at radius 2 is 1.96 bits per heavy atom. The van der Waals surface area contributed by atoms with Crippen molar-refractivity contribution in [3.8, 4) is 11.5 Å². The maximum absolute atomic E-state index is 12.4. The zero-order valence-electron chi connectivity index (χ0n) is 13.1. The third kappa shape index (κ3) is 3.45. The fourth-order valence-corrected chi connectivity index (χ4v) is 3.28. The number of hydrogen-bond donors (Lipinski definition) is 0. The number of halogens is 1. The van der Waals surface area contributed by atoms with E-state index in [2.05, 4.69) is 0 Å². The fourth-order valence-electron chi connectivity index (χ4n) is 2.51. The van der Waals surface area contributed by atoms with Gasteiger partial charge in [-0.1, -0.05) is 29.8 Å². The van der Waals surface area contributed by atoms with Gasteiger partial charge in [-0.25, -0.2) is 0 Å². The lowest BCUT2D eigenvalue weighted by Crippen LogP contribution is -1.97. The highest BCUT2D eigenvalue weighted by atomic mass is 35.5. The minimum absolute atomic E-state index is 0.104. The Morgan fingerprint density at radius 3 is 2.72 bits per heavy atom. The molecule has 2 aromatic carbocycles. The molecule has 3 aromatic rings. The minimum atomic E-state index is -0.104. The van der Waals surface area contributed by atoms with Gasteiger partial charge in [0.05, 0.1) is 5.56 Å². The Balaban J connectivity index is 1.50. The van der Waals surface area contributed by atoms with Crippen LogP contribution in [0.4, 0.5) is 0 Å². The van der Waals surface area contributed by atoms with Gasteiger partial charge in [0, 0.05) is 22.0 Å². The first kappa shape index (κ1) is 15.9. The molecule has 0 saturated carbocycles. The SMILES string of the molecule is O=C1C(=Cc2cccs2)Oc2cc(OCc3ccc(Cl)cc3)ccc21. The molecule has 0 radical (unpaired) electrons. The van der Waals surface area contributed by atoms with Crippen molar-refractivity contribution in [2.45, 2.75) is 6.61 Å². The van der Waals surface area contributed by atoms with Crippen molar-refractivity contribution in [2.24, 2.45) is 0 Å². The van der Waals surface area contributed by atoms with Gasteiger partial charge in [-0.15, -0.1) is 11.3 Å². The topological polar surface area (TPSA) is 35.5 Å². The van der Waals surface area contributed by atoms with Gasteiger partial charge in [0.25, 0.3) is 0 Å². The van der Waals surface area contributed by atoms with Crippen molar-refractivity contribution in [3.63, 3.8) is 0 Å². The second-order valence-corrected chi connectivity index (χ2v) is 6.94. The molecule has 4 rings (SSSR count). The van der Waals surface area contributed by atoms with E-state index in [0.717, 1.165) is 10.4 Å². The van der Waals surface area contributed by atoms with Crippen LogP contribution < -0.4 is 9.47 Å². The van der Waals surface area contributed by atoms with Crippen LogP contribution in [0.2, 0.25) is 5.02 Å². The highest BCUT2D eigenvalue weighted by Gasteiger charge is 2.27. The molecule has 0 atom stereocenters. The van der Waals surface area contributed by atoms with Crippen LogP contribution in [0.25, 0.3) is 6.08 Å². The third-order valence-electron chi connectivity index (χ3n) is 3.78. The lowest BCUT2D eigenvalue weighted by Gasteiger charge is -2.07. The van der Waals surface area contributed by atoms with Gasteiger partial charge >= 0.3 is 0 Å². The summed E-state index contributed by atoms with van der Waals surface area (Å²) in [6.07, 6.45) is 1.77. The lowest BCUT2D eigenvalue weighted by atomic mass is 10.1. The number of ether oxygens (including phenoxy) is 2. The van der Waals surface area contributed by atoms with Gasteiger partial charge in [-0.3, -0.25) is 4.79 Å². The minimum Gasteiger partial charge on any atom is -0.489 e. The van der Waals surface area contributed by atoms with Crippen molar-refractivity contribution >= 4 is 34.8 Å². The monoisotopic (exact) mass is 368 g/mol. The van der Waals surface area contributed by atoms with Crippen molar-refractivity contribution < 1.29 is 14.3 Å². The number of Topliss-reactive ketones (excluding diaryl/α,β-unsaturated/α-hetero) is 1. The molecule has 1 aliphatic heterocycles. The van der Waals surface area contributed by atoms with Crippen LogP contribution in [0.1, 0.15) is 20.8 Å². The highest BCUT2D eigenvalue weighted by molar-refractivity contribution is 7.10. The van der Waals surface area contributed by atoms with Crippen molar-refractivity contribution in [2.75, 3.05) is 0 Å². The van der Waals surface area contributed by atoms with Crippen molar-refractivity contribution in [1.82, 2.24) is 0 Å². The molecule has 0 saturated heterocycles. The van der Waals surface area contributed by atoms with Crippen molar-refractivity contribution in [1.29, 1.82) is 0 Å². The van der Waals surface area contributed by atoms with Gasteiger partial charge < -0.3 is 9.47 Å². The fraction of sp³-hybridized carbons (Fsp3) is 0.0500. The summed E-state index contributed by atoms with van der Waals surface area (Å²) < 4.78 is 11.5. The normalized spacial score (nSPS) is 14.4. The van der Waals surface area contributed by atoms with Crippen LogP contribution in [-0.4, -0.2) is 5.78 Å². The van der Waals surface area contributed by atoms with Crippen LogP contribution in [-0.2, 0) is 6.61 Å². The standard InChI is InChI=1S/C20H13ClO3S/c21-14-5-3-13(4-6-14)12-23-15-7-8-17-18(10-15)24-19(20(17)22)11-16-2-1-9-25-16/h1-11H,12H2. The molecular weight excluding hydrogens is 356 g/mol. The third-order valence-corrected chi connectivity index (χ3v) is 4.85. The predicted octanol–water partition coefficient (Wildman–Crippen LogP) is 5.60. The second-order valence-electron chi connectivity index (χ2n) is 5.53. The molecule has 0 bridgehead atoms. The number of carbonyl (C=O) groups is 1. The number of ketones is 1. The van der Waals surface area contributed by atoms with Crippen LogP contribution in [0.5, 0.6) is 11.5 Å². The molecule has 124 valence electrons. The summed E-state index contributed by atoms with van der Waals surface area (Å²) in [5.41, 5.74) is 1.57. The average Bonchev–Trinajstić information content (AvgIpc) is 3.23. The lowest BCUT2D eigenvalue weighted by molar-refractivity contribution is 0.101. The molecule has 5 heteroatoms. The highest BCUT2D eigenvalue weighted by Crippen LogP contribution is 2.35. The molecule has 3 nitrogen and oxygen atoms in total. The number of benzene rings is 2. The largest absolute Gasteiger partial charge is 0.489 e. The van der Waals surface area contributed by atoms with Gasteiger partial charge in [-0.2, -0.15) is 0 Å².